The first kappa shape index (κ1) is 10.9. The van der Waals surface area contributed by atoms with Crippen molar-refractivity contribution in [2.24, 2.45) is 0 Å². The summed E-state index contributed by atoms with van der Waals surface area (Å²) in [6.07, 6.45) is 4.21. The Morgan fingerprint density at radius 3 is 3.27 bits per heavy atom. The molecule has 1 fully saturated rings. The van der Waals surface area contributed by atoms with Gasteiger partial charge in [-0.15, -0.1) is 0 Å². The van der Waals surface area contributed by atoms with E-state index in [1.807, 2.05) is 13.0 Å². The van der Waals surface area contributed by atoms with Gasteiger partial charge >= 0.3 is 0 Å². The Morgan fingerprint density at radius 1 is 1.67 bits per heavy atom. The maximum atomic E-state index is 5.62. The van der Waals surface area contributed by atoms with Crippen LogP contribution >= 0.6 is 15.9 Å². The van der Waals surface area contributed by atoms with Gasteiger partial charge in [-0.3, -0.25) is 0 Å². The lowest BCUT2D eigenvalue weighted by molar-refractivity contribution is 0.0660. The molecule has 0 saturated carbocycles. The SMILES string of the molecule is Cc1ccnc(OCC2CCCO2)c1Br. The van der Waals surface area contributed by atoms with E-state index in [2.05, 4.69) is 20.9 Å². The highest BCUT2D eigenvalue weighted by atomic mass is 79.9. The largest absolute Gasteiger partial charge is 0.474 e. The van der Waals surface area contributed by atoms with Crippen molar-refractivity contribution in [1.29, 1.82) is 0 Å². The van der Waals surface area contributed by atoms with Gasteiger partial charge in [0.05, 0.1) is 10.6 Å². The van der Waals surface area contributed by atoms with Crippen LogP contribution in [-0.4, -0.2) is 24.3 Å². The van der Waals surface area contributed by atoms with Crippen LogP contribution in [0.15, 0.2) is 16.7 Å². The van der Waals surface area contributed by atoms with Gasteiger partial charge in [-0.1, -0.05) is 0 Å². The molecule has 0 aliphatic carbocycles. The summed E-state index contributed by atoms with van der Waals surface area (Å²) >= 11 is 3.46. The van der Waals surface area contributed by atoms with Gasteiger partial charge in [-0.2, -0.15) is 0 Å². The van der Waals surface area contributed by atoms with Crippen LogP contribution in [-0.2, 0) is 4.74 Å². The zero-order chi connectivity index (χ0) is 10.7. The molecule has 0 amide bonds. The van der Waals surface area contributed by atoms with Crippen LogP contribution in [0.1, 0.15) is 18.4 Å². The predicted molar refractivity (Wildman–Crippen MR) is 61.1 cm³/mol. The highest BCUT2D eigenvalue weighted by Gasteiger charge is 2.17. The van der Waals surface area contributed by atoms with Gasteiger partial charge in [0, 0.05) is 12.8 Å². The zero-order valence-corrected chi connectivity index (χ0v) is 10.3. The Morgan fingerprint density at radius 2 is 2.53 bits per heavy atom. The Kier molecular flexibility index (Phi) is 3.59. The van der Waals surface area contributed by atoms with Gasteiger partial charge in [0.2, 0.25) is 5.88 Å². The lowest BCUT2D eigenvalue weighted by Crippen LogP contribution is -2.17. The lowest BCUT2D eigenvalue weighted by atomic mass is 10.2. The number of aromatic nitrogens is 1. The summed E-state index contributed by atoms with van der Waals surface area (Å²) in [6.45, 7) is 3.47. The molecule has 2 rings (SSSR count). The summed E-state index contributed by atoms with van der Waals surface area (Å²) in [6, 6.07) is 1.95. The Balaban J connectivity index is 1.95. The molecule has 2 heterocycles. The molecule has 0 N–H and O–H groups in total. The second-order valence-electron chi connectivity index (χ2n) is 3.69. The smallest absolute Gasteiger partial charge is 0.228 e. The molecule has 1 saturated heterocycles. The van der Waals surface area contributed by atoms with E-state index in [1.54, 1.807) is 6.20 Å². The van der Waals surface area contributed by atoms with Crippen molar-refractivity contribution >= 4 is 15.9 Å². The zero-order valence-electron chi connectivity index (χ0n) is 8.70. The minimum atomic E-state index is 0.235. The number of hydrogen-bond acceptors (Lipinski definition) is 3. The second-order valence-corrected chi connectivity index (χ2v) is 4.49. The van der Waals surface area contributed by atoms with Gasteiger partial charge in [-0.05, 0) is 47.3 Å². The topological polar surface area (TPSA) is 31.4 Å². The predicted octanol–water partition coefficient (Wildman–Crippen LogP) is 2.71. The Hall–Kier alpha value is -0.610. The molecule has 1 aliphatic rings. The molecule has 82 valence electrons. The van der Waals surface area contributed by atoms with Gasteiger partial charge in [0.1, 0.15) is 6.61 Å². The maximum Gasteiger partial charge on any atom is 0.228 e. The molecule has 4 heteroatoms. The van der Waals surface area contributed by atoms with E-state index in [9.17, 15) is 0 Å². The van der Waals surface area contributed by atoms with Crippen LogP contribution in [0.5, 0.6) is 5.88 Å². The van der Waals surface area contributed by atoms with E-state index in [-0.39, 0.29) is 6.10 Å². The van der Waals surface area contributed by atoms with E-state index in [0.29, 0.717) is 12.5 Å². The Bertz CT molecular complexity index is 337. The van der Waals surface area contributed by atoms with Crippen molar-refractivity contribution in [3.63, 3.8) is 0 Å². The minimum absolute atomic E-state index is 0.235. The number of rotatable bonds is 3. The van der Waals surface area contributed by atoms with E-state index in [0.717, 1.165) is 29.5 Å². The third kappa shape index (κ3) is 2.69. The van der Waals surface area contributed by atoms with E-state index in [1.165, 1.54) is 0 Å². The molecular formula is C11H14BrNO2. The number of aryl methyl sites for hydroxylation is 1. The number of pyridine rings is 1. The fourth-order valence-electron chi connectivity index (χ4n) is 1.56. The number of halogens is 1. The van der Waals surface area contributed by atoms with Gasteiger partial charge < -0.3 is 9.47 Å². The number of nitrogens with zero attached hydrogens (tertiary/aromatic N) is 1. The van der Waals surface area contributed by atoms with Crippen LogP contribution in [0, 0.1) is 6.92 Å². The van der Waals surface area contributed by atoms with Crippen LogP contribution in [0.3, 0.4) is 0 Å². The Labute approximate surface area is 97.9 Å². The molecular weight excluding hydrogens is 258 g/mol. The average Bonchev–Trinajstić information content (AvgIpc) is 2.73. The molecule has 15 heavy (non-hydrogen) atoms. The third-order valence-corrected chi connectivity index (χ3v) is 3.44. The van der Waals surface area contributed by atoms with E-state index in [4.69, 9.17) is 9.47 Å². The summed E-state index contributed by atoms with van der Waals surface area (Å²) < 4.78 is 12.0. The number of hydrogen-bond donors (Lipinski definition) is 0. The van der Waals surface area contributed by atoms with Gasteiger partial charge in [-0.25, -0.2) is 4.98 Å². The highest BCUT2D eigenvalue weighted by molar-refractivity contribution is 9.10. The van der Waals surface area contributed by atoms with Crippen LogP contribution in [0.25, 0.3) is 0 Å². The first-order valence-electron chi connectivity index (χ1n) is 5.13. The monoisotopic (exact) mass is 271 g/mol. The molecule has 1 aliphatic heterocycles. The molecule has 1 aromatic rings. The summed E-state index contributed by atoms with van der Waals surface area (Å²) in [7, 11) is 0. The number of ether oxygens (including phenoxy) is 2. The summed E-state index contributed by atoms with van der Waals surface area (Å²) in [4.78, 5) is 4.18. The van der Waals surface area contributed by atoms with E-state index < -0.39 is 0 Å². The summed E-state index contributed by atoms with van der Waals surface area (Å²) in [5, 5.41) is 0. The van der Waals surface area contributed by atoms with Gasteiger partial charge in [0.25, 0.3) is 0 Å². The highest BCUT2D eigenvalue weighted by Crippen LogP contribution is 2.26. The standard InChI is InChI=1S/C11H14BrNO2/c1-8-4-5-13-11(10(8)12)15-7-9-3-2-6-14-9/h4-5,9H,2-3,6-7H2,1H3. The van der Waals surface area contributed by atoms with Crippen molar-refractivity contribution in [2.75, 3.05) is 13.2 Å². The minimum Gasteiger partial charge on any atom is -0.474 e. The fraction of sp³-hybridized carbons (Fsp3) is 0.545. The second kappa shape index (κ2) is 4.94. The molecule has 0 bridgehead atoms. The molecule has 0 spiro atoms. The van der Waals surface area contributed by atoms with E-state index >= 15 is 0 Å². The summed E-state index contributed by atoms with van der Waals surface area (Å²) in [5.41, 5.74) is 1.13. The molecule has 1 aromatic heterocycles. The van der Waals surface area contributed by atoms with Crippen molar-refractivity contribution in [1.82, 2.24) is 4.98 Å². The first-order valence-corrected chi connectivity index (χ1v) is 5.92. The fourth-order valence-corrected chi connectivity index (χ4v) is 1.91. The van der Waals surface area contributed by atoms with Crippen LogP contribution in [0.4, 0.5) is 0 Å². The maximum absolute atomic E-state index is 5.62. The van der Waals surface area contributed by atoms with Crippen molar-refractivity contribution in [3.05, 3.63) is 22.3 Å². The molecule has 3 nitrogen and oxygen atoms in total. The quantitative estimate of drug-likeness (QED) is 0.847. The molecule has 1 atom stereocenters. The van der Waals surface area contributed by atoms with Crippen molar-refractivity contribution in [3.8, 4) is 5.88 Å². The van der Waals surface area contributed by atoms with Gasteiger partial charge in [0.15, 0.2) is 0 Å². The van der Waals surface area contributed by atoms with Crippen LogP contribution in [0.2, 0.25) is 0 Å². The van der Waals surface area contributed by atoms with Crippen molar-refractivity contribution < 1.29 is 9.47 Å². The van der Waals surface area contributed by atoms with Crippen molar-refractivity contribution in [2.45, 2.75) is 25.9 Å². The average molecular weight is 272 g/mol. The summed E-state index contributed by atoms with van der Waals surface area (Å²) in [5.74, 6) is 0.658. The third-order valence-electron chi connectivity index (χ3n) is 2.48. The normalized spacial score (nSPS) is 20.5. The molecule has 0 aromatic carbocycles. The van der Waals surface area contributed by atoms with Crippen LogP contribution < -0.4 is 4.74 Å². The molecule has 0 radical (unpaired) electrons. The lowest BCUT2D eigenvalue weighted by Gasteiger charge is -2.12. The molecule has 1 unspecified atom stereocenters. The first-order chi connectivity index (χ1) is 7.27.